The first-order chi connectivity index (χ1) is 14.1. The lowest BCUT2D eigenvalue weighted by Gasteiger charge is -2.12. The SMILES string of the molecule is C=CCn1c(S[C@H](C)c2nc3ccccc3c(=O)[nH]2)nnc1-c1ccc(F)cc1. The number of allylic oxidation sites excluding steroid dienone is 1. The molecule has 0 bridgehead atoms. The molecule has 0 saturated carbocycles. The van der Waals surface area contributed by atoms with E-state index in [9.17, 15) is 9.18 Å². The second-order valence-electron chi connectivity index (χ2n) is 6.44. The summed E-state index contributed by atoms with van der Waals surface area (Å²) in [5.41, 5.74) is 1.24. The number of hydrogen-bond donors (Lipinski definition) is 1. The van der Waals surface area contributed by atoms with Crippen LogP contribution in [0.2, 0.25) is 0 Å². The van der Waals surface area contributed by atoms with E-state index in [0.717, 1.165) is 5.56 Å². The molecule has 2 aromatic carbocycles. The van der Waals surface area contributed by atoms with E-state index in [1.54, 1.807) is 24.3 Å². The van der Waals surface area contributed by atoms with E-state index < -0.39 is 0 Å². The van der Waals surface area contributed by atoms with Crippen molar-refractivity contribution in [2.75, 3.05) is 0 Å². The van der Waals surface area contributed by atoms with Crippen molar-refractivity contribution in [3.05, 3.63) is 83.2 Å². The van der Waals surface area contributed by atoms with Gasteiger partial charge in [-0.3, -0.25) is 9.36 Å². The first kappa shape index (κ1) is 19.1. The number of rotatable bonds is 6. The molecule has 6 nitrogen and oxygen atoms in total. The number of hydrogen-bond acceptors (Lipinski definition) is 5. The van der Waals surface area contributed by atoms with Gasteiger partial charge in [0, 0.05) is 12.1 Å². The van der Waals surface area contributed by atoms with E-state index >= 15 is 0 Å². The maximum absolute atomic E-state index is 13.3. The van der Waals surface area contributed by atoms with Crippen LogP contribution in [0.3, 0.4) is 0 Å². The van der Waals surface area contributed by atoms with Gasteiger partial charge in [-0.1, -0.05) is 30.0 Å². The van der Waals surface area contributed by atoms with Gasteiger partial charge in [-0.15, -0.1) is 16.8 Å². The summed E-state index contributed by atoms with van der Waals surface area (Å²) in [7, 11) is 0. The molecule has 0 aliphatic heterocycles. The lowest BCUT2D eigenvalue weighted by molar-refractivity contribution is 0.628. The van der Waals surface area contributed by atoms with Gasteiger partial charge >= 0.3 is 0 Å². The molecule has 29 heavy (non-hydrogen) atoms. The molecule has 2 heterocycles. The minimum Gasteiger partial charge on any atom is -0.309 e. The second kappa shape index (κ2) is 8.00. The van der Waals surface area contributed by atoms with Crippen molar-refractivity contribution >= 4 is 22.7 Å². The van der Waals surface area contributed by atoms with Crippen LogP contribution in [0.5, 0.6) is 0 Å². The van der Waals surface area contributed by atoms with Gasteiger partial charge in [0.2, 0.25) is 0 Å². The van der Waals surface area contributed by atoms with Crippen LogP contribution >= 0.6 is 11.8 Å². The summed E-state index contributed by atoms with van der Waals surface area (Å²) in [5, 5.41) is 9.63. The van der Waals surface area contributed by atoms with E-state index in [0.29, 0.717) is 34.3 Å². The highest BCUT2D eigenvalue weighted by Gasteiger charge is 2.19. The van der Waals surface area contributed by atoms with E-state index in [1.165, 1.54) is 23.9 Å². The summed E-state index contributed by atoms with van der Waals surface area (Å²) in [4.78, 5) is 19.8. The smallest absolute Gasteiger partial charge is 0.258 e. The Morgan fingerprint density at radius 3 is 2.72 bits per heavy atom. The summed E-state index contributed by atoms with van der Waals surface area (Å²) in [6.45, 7) is 6.25. The fraction of sp³-hybridized carbons (Fsp3) is 0.143. The number of halogens is 1. The monoisotopic (exact) mass is 407 g/mol. The summed E-state index contributed by atoms with van der Waals surface area (Å²) < 4.78 is 15.2. The normalized spacial score (nSPS) is 12.2. The van der Waals surface area contributed by atoms with Crippen molar-refractivity contribution in [3.63, 3.8) is 0 Å². The second-order valence-corrected chi connectivity index (χ2v) is 7.75. The molecule has 0 saturated heterocycles. The lowest BCUT2D eigenvalue weighted by atomic mass is 10.2. The largest absolute Gasteiger partial charge is 0.309 e. The Balaban J connectivity index is 1.68. The molecule has 8 heteroatoms. The van der Waals surface area contributed by atoms with Crippen molar-refractivity contribution in [1.29, 1.82) is 0 Å². The van der Waals surface area contributed by atoms with Gasteiger partial charge in [-0.2, -0.15) is 0 Å². The van der Waals surface area contributed by atoms with E-state index in [4.69, 9.17) is 0 Å². The minimum absolute atomic E-state index is 0.166. The number of thioether (sulfide) groups is 1. The summed E-state index contributed by atoms with van der Waals surface area (Å²) >= 11 is 1.43. The van der Waals surface area contributed by atoms with Crippen LogP contribution in [0, 0.1) is 5.82 Å². The summed E-state index contributed by atoms with van der Waals surface area (Å²) in [6.07, 6.45) is 1.75. The van der Waals surface area contributed by atoms with Gasteiger partial charge in [0.15, 0.2) is 11.0 Å². The fourth-order valence-electron chi connectivity index (χ4n) is 2.99. The number of fused-ring (bicyclic) bond motifs is 1. The molecule has 0 amide bonds. The van der Waals surface area contributed by atoms with Crippen LogP contribution in [-0.4, -0.2) is 24.7 Å². The van der Waals surface area contributed by atoms with E-state index in [-0.39, 0.29) is 16.6 Å². The number of H-pyrrole nitrogens is 1. The third-order valence-electron chi connectivity index (χ3n) is 4.43. The first-order valence-electron chi connectivity index (χ1n) is 9.02. The van der Waals surface area contributed by atoms with Crippen LogP contribution in [-0.2, 0) is 6.54 Å². The number of nitrogens with zero attached hydrogens (tertiary/aromatic N) is 4. The molecule has 0 fully saturated rings. The molecule has 2 aromatic heterocycles. The molecule has 0 aliphatic carbocycles. The topological polar surface area (TPSA) is 76.5 Å². The number of para-hydroxylation sites is 1. The Morgan fingerprint density at radius 2 is 1.97 bits per heavy atom. The molecule has 4 rings (SSSR count). The molecule has 1 N–H and O–H groups in total. The third kappa shape index (κ3) is 3.84. The van der Waals surface area contributed by atoms with Crippen molar-refractivity contribution in [1.82, 2.24) is 24.7 Å². The number of aromatic amines is 1. The van der Waals surface area contributed by atoms with Gasteiger partial charge in [0.1, 0.15) is 11.6 Å². The molecule has 0 spiro atoms. The van der Waals surface area contributed by atoms with Crippen LogP contribution in [0.4, 0.5) is 4.39 Å². The van der Waals surface area contributed by atoms with E-state index in [1.807, 2.05) is 29.7 Å². The lowest BCUT2D eigenvalue weighted by Crippen LogP contribution is -2.13. The Morgan fingerprint density at radius 1 is 1.21 bits per heavy atom. The minimum atomic E-state index is -0.307. The van der Waals surface area contributed by atoms with Crippen LogP contribution < -0.4 is 5.56 Å². The highest BCUT2D eigenvalue weighted by Crippen LogP contribution is 2.34. The van der Waals surface area contributed by atoms with Gasteiger partial charge in [0.05, 0.1) is 16.2 Å². The zero-order valence-corrected chi connectivity index (χ0v) is 16.5. The van der Waals surface area contributed by atoms with Gasteiger partial charge in [-0.25, -0.2) is 9.37 Å². The summed E-state index contributed by atoms with van der Waals surface area (Å²) in [6, 6.07) is 13.3. The average Bonchev–Trinajstić information content (AvgIpc) is 3.11. The predicted molar refractivity (Wildman–Crippen MR) is 112 cm³/mol. The van der Waals surface area contributed by atoms with Gasteiger partial charge in [-0.05, 0) is 43.3 Å². The number of aromatic nitrogens is 5. The van der Waals surface area contributed by atoms with Crippen LogP contribution in [0.25, 0.3) is 22.3 Å². The number of benzene rings is 2. The quantitative estimate of drug-likeness (QED) is 0.380. The highest BCUT2D eigenvalue weighted by atomic mass is 32.2. The molecular formula is C21H18FN5OS. The van der Waals surface area contributed by atoms with Crippen molar-refractivity contribution < 1.29 is 4.39 Å². The zero-order valence-electron chi connectivity index (χ0n) is 15.7. The maximum atomic E-state index is 13.3. The zero-order chi connectivity index (χ0) is 20.4. The fourth-order valence-corrected chi connectivity index (χ4v) is 3.91. The molecule has 0 radical (unpaired) electrons. The summed E-state index contributed by atoms with van der Waals surface area (Å²) in [5.74, 6) is 0.882. The third-order valence-corrected chi connectivity index (χ3v) is 5.52. The molecule has 0 aliphatic rings. The number of nitrogens with one attached hydrogen (secondary N) is 1. The highest BCUT2D eigenvalue weighted by molar-refractivity contribution is 7.99. The average molecular weight is 407 g/mol. The molecule has 1 atom stereocenters. The molecule has 4 aromatic rings. The van der Waals surface area contributed by atoms with Crippen LogP contribution in [0.1, 0.15) is 18.0 Å². The van der Waals surface area contributed by atoms with Gasteiger partial charge in [0.25, 0.3) is 5.56 Å². The Hall–Kier alpha value is -3.26. The first-order valence-corrected chi connectivity index (χ1v) is 9.90. The van der Waals surface area contributed by atoms with E-state index in [2.05, 4.69) is 26.7 Å². The molecule has 146 valence electrons. The van der Waals surface area contributed by atoms with Crippen molar-refractivity contribution in [3.8, 4) is 11.4 Å². The van der Waals surface area contributed by atoms with Crippen molar-refractivity contribution in [2.24, 2.45) is 0 Å². The Labute approximate surface area is 170 Å². The van der Waals surface area contributed by atoms with Gasteiger partial charge < -0.3 is 4.98 Å². The maximum Gasteiger partial charge on any atom is 0.258 e. The Bertz CT molecular complexity index is 1230. The Kier molecular flexibility index (Phi) is 5.26. The van der Waals surface area contributed by atoms with Crippen LogP contribution in [0.15, 0.2) is 71.1 Å². The van der Waals surface area contributed by atoms with Crippen molar-refractivity contribution in [2.45, 2.75) is 23.9 Å². The predicted octanol–water partition coefficient (Wildman–Crippen LogP) is 4.36. The molecule has 0 unspecified atom stereocenters. The molecular weight excluding hydrogens is 389 g/mol. The standard InChI is InChI=1S/C21H18FN5OS/c1-3-12-27-19(14-8-10-15(22)11-9-14)25-26-21(27)29-13(2)18-23-17-7-5-4-6-16(17)20(28)24-18/h3-11,13H,1,12H2,2H3,(H,23,24,28)/t13-/m1/s1.